The van der Waals surface area contributed by atoms with Gasteiger partial charge in [0.1, 0.15) is 5.82 Å². The zero-order valence-corrected chi connectivity index (χ0v) is 15.4. The summed E-state index contributed by atoms with van der Waals surface area (Å²) >= 11 is 0. The van der Waals surface area contributed by atoms with E-state index in [1.807, 2.05) is 42.5 Å². The van der Waals surface area contributed by atoms with E-state index in [0.717, 1.165) is 24.5 Å². The first-order valence-corrected chi connectivity index (χ1v) is 9.10. The van der Waals surface area contributed by atoms with Crippen molar-refractivity contribution in [1.82, 2.24) is 24.6 Å². The van der Waals surface area contributed by atoms with E-state index in [1.54, 1.807) is 0 Å². The number of benzene rings is 2. The SMILES string of the molecule is Cn1ccnc1[C@@H](NCc1cnn(Cc2ccccc2)c1)c1ccccc1. The Morgan fingerprint density at radius 1 is 0.963 bits per heavy atom. The number of aryl methyl sites for hydroxylation is 1. The van der Waals surface area contributed by atoms with Gasteiger partial charge in [0.25, 0.3) is 0 Å². The number of nitrogens with one attached hydrogen (secondary N) is 1. The highest BCUT2D eigenvalue weighted by molar-refractivity contribution is 5.25. The molecule has 27 heavy (non-hydrogen) atoms. The summed E-state index contributed by atoms with van der Waals surface area (Å²) in [5.41, 5.74) is 3.60. The highest BCUT2D eigenvalue weighted by Gasteiger charge is 2.17. The molecule has 1 N–H and O–H groups in total. The van der Waals surface area contributed by atoms with Crippen molar-refractivity contribution >= 4 is 0 Å². The highest BCUT2D eigenvalue weighted by Crippen LogP contribution is 2.20. The Morgan fingerprint density at radius 2 is 1.70 bits per heavy atom. The van der Waals surface area contributed by atoms with Crippen molar-refractivity contribution < 1.29 is 0 Å². The first-order chi connectivity index (χ1) is 13.3. The number of nitrogens with zero attached hydrogens (tertiary/aromatic N) is 4. The second-order valence-corrected chi connectivity index (χ2v) is 6.65. The number of rotatable bonds is 7. The van der Waals surface area contributed by atoms with Crippen LogP contribution < -0.4 is 5.32 Å². The van der Waals surface area contributed by atoms with Gasteiger partial charge >= 0.3 is 0 Å². The van der Waals surface area contributed by atoms with Gasteiger partial charge in [0, 0.05) is 37.7 Å². The zero-order chi connectivity index (χ0) is 18.5. The first-order valence-electron chi connectivity index (χ1n) is 9.10. The largest absolute Gasteiger partial charge is 0.336 e. The minimum Gasteiger partial charge on any atom is -0.336 e. The minimum atomic E-state index is 0.0312. The van der Waals surface area contributed by atoms with Crippen LogP contribution in [0.2, 0.25) is 0 Å². The van der Waals surface area contributed by atoms with Crippen LogP contribution in [0.15, 0.2) is 85.5 Å². The van der Waals surface area contributed by atoms with Gasteiger partial charge in [-0.05, 0) is 11.1 Å². The predicted octanol–water partition coefficient (Wildman–Crippen LogP) is 3.54. The molecule has 0 spiro atoms. The lowest BCUT2D eigenvalue weighted by Crippen LogP contribution is -2.24. The van der Waals surface area contributed by atoms with E-state index < -0.39 is 0 Å². The van der Waals surface area contributed by atoms with Crippen molar-refractivity contribution in [3.8, 4) is 0 Å². The lowest BCUT2D eigenvalue weighted by Gasteiger charge is -2.18. The third kappa shape index (κ3) is 4.15. The molecule has 0 saturated heterocycles. The smallest absolute Gasteiger partial charge is 0.130 e. The number of hydrogen-bond acceptors (Lipinski definition) is 3. The molecule has 2 aromatic carbocycles. The van der Waals surface area contributed by atoms with Gasteiger partial charge in [-0.25, -0.2) is 4.98 Å². The number of imidazole rings is 1. The molecule has 0 aliphatic carbocycles. The van der Waals surface area contributed by atoms with Gasteiger partial charge < -0.3 is 4.57 Å². The van der Waals surface area contributed by atoms with E-state index in [2.05, 4.69) is 74.7 Å². The monoisotopic (exact) mass is 357 g/mol. The van der Waals surface area contributed by atoms with Crippen LogP contribution in [0.1, 0.15) is 28.6 Å². The fourth-order valence-electron chi connectivity index (χ4n) is 3.23. The van der Waals surface area contributed by atoms with Crippen LogP contribution in [0.5, 0.6) is 0 Å². The molecule has 0 unspecified atom stereocenters. The van der Waals surface area contributed by atoms with Gasteiger partial charge in [-0.2, -0.15) is 5.10 Å². The second-order valence-electron chi connectivity index (χ2n) is 6.65. The molecule has 0 fully saturated rings. The molecule has 2 aromatic heterocycles. The Labute approximate surface area is 159 Å². The van der Waals surface area contributed by atoms with Crippen LogP contribution in [0.4, 0.5) is 0 Å². The molecule has 5 heteroatoms. The second kappa shape index (κ2) is 8.01. The summed E-state index contributed by atoms with van der Waals surface area (Å²) in [7, 11) is 2.03. The molecule has 4 aromatic rings. The average Bonchev–Trinajstić information content (AvgIpc) is 3.33. The third-order valence-electron chi connectivity index (χ3n) is 4.63. The molecule has 0 saturated carbocycles. The summed E-state index contributed by atoms with van der Waals surface area (Å²) in [6.07, 6.45) is 7.84. The molecule has 0 amide bonds. The van der Waals surface area contributed by atoms with E-state index in [1.165, 1.54) is 11.1 Å². The molecule has 4 rings (SSSR count). The van der Waals surface area contributed by atoms with Crippen LogP contribution in [-0.4, -0.2) is 19.3 Å². The van der Waals surface area contributed by atoms with Crippen molar-refractivity contribution in [3.63, 3.8) is 0 Å². The number of hydrogen-bond donors (Lipinski definition) is 1. The summed E-state index contributed by atoms with van der Waals surface area (Å²) in [6.45, 7) is 1.50. The third-order valence-corrected chi connectivity index (χ3v) is 4.63. The normalized spacial score (nSPS) is 12.2. The van der Waals surface area contributed by atoms with Crippen molar-refractivity contribution in [1.29, 1.82) is 0 Å². The molecule has 0 bridgehead atoms. The van der Waals surface area contributed by atoms with E-state index in [-0.39, 0.29) is 6.04 Å². The standard InChI is InChI=1S/C22H23N5/c1-26-13-12-23-22(26)21(20-10-6-3-7-11-20)24-14-19-15-25-27(17-19)16-18-8-4-2-5-9-18/h2-13,15,17,21,24H,14,16H2,1H3/t21-/m0/s1. The Balaban J connectivity index is 1.48. The minimum absolute atomic E-state index is 0.0312. The van der Waals surface area contributed by atoms with Gasteiger partial charge in [0.2, 0.25) is 0 Å². The van der Waals surface area contributed by atoms with Crippen molar-refractivity contribution in [3.05, 3.63) is 108 Å². The summed E-state index contributed by atoms with van der Waals surface area (Å²) in [5.74, 6) is 0.998. The van der Waals surface area contributed by atoms with Gasteiger partial charge in [-0.1, -0.05) is 60.7 Å². The Hall–Kier alpha value is -3.18. The van der Waals surface area contributed by atoms with E-state index in [0.29, 0.717) is 0 Å². The molecule has 0 radical (unpaired) electrons. The zero-order valence-electron chi connectivity index (χ0n) is 15.4. The van der Waals surface area contributed by atoms with Crippen LogP contribution in [-0.2, 0) is 20.1 Å². The quantitative estimate of drug-likeness (QED) is 0.550. The Morgan fingerprint density at radius 3 is 2.41 bits per heavy atom. The average molecular weight is 357 g/mol. The molecule has 0 aliphatic rings. The Kier molecular flexibility index (Phi) is 5.12. The lowest BCUT2D eigenvalue weighted by molar-refractivity contribution is 0.557. The molecule has 2 heterocycles. The van der Waals surface area contributed by atoms with Crippen molar-refractivity contribution in [2.24, 2.45) is 7.05 Å². The summed E-state index contributed by atoms with van der Waals surface area (Å²) in [6, 6.07) is 20.8. The van der Waals surface area contributed by atoms with Crippen LogP contribution in [0.25, 0.3) is 0 Å². The van der Waals surface area contributed by atoms with Gasteiger partial charge in [0.05, 0.1) is 18.8 Å². The molecule has 136 valence electrons. The highest BCUT2D eigenvalue weighted by atomic mass is 15.3. The fraction of sp³-hybridized carbons (Fsp3) is 0.182. The van der Waals surface area contributed by atoms with E-state index in [4.69, 9.17) is 0 Å². The van der Waals surface area contributed by atoms with Crippen LogP contribution in [0.3, 0.4) is 0 Å². The lowest BCUT2D eigenvalue weighted by atomic mass is 10.1. The van der Waals surface area contributed by atoms with E-state index in [9.17, 15) is 0 Å². The maximum absolute atomic E-state index is 4.55. The molecule has 1 atom stereocenters. The maximum Gasteiger partial charge on any atom is 0.130 e. The molecule has 5 nitrogen and oxygen atoms in total. The van der Waals surface area contributed by atoms with Crippen LogP contribution >= 0.6 is 0 Å². The topological polar surface area (TPSA) is 47.7 Å². The predicted molar refractivity (Wildman–Crippen MR) is 106 cm³/mol. The van der Waals surface area contributed by atoms with E-state index >= 15 is 0 Å². The molecule has 0 aliphatic heterocycles. The van der Waals surface area contributed by atoms with Crippen LogP contribution in [0, 0.1) is 0 Å². The van der Waals surface area contributed by atoms with Gasteiger partial charge in [-0.3, -0.25) is 10.00 Å². The van der Waals surface area contributed by atoms with Crippen molar-refractivity contribution in [2.75, 3.05) is 0 Å². The first kappa shape index (κ1) is 17.2. The fourth-order valence-corrected chi connectivity index (χ4v) is 3.23. The van der Waals surface area contributed by atoms with Gasteiger partial charge in [0.15, 0.2) is 0 Å². The molecular weight excluding hydrogens is 334 g/mol. The van der Waals surface area contributed by atoms with Gasteiger partial charge in [-0.15, -0.1) is 0 Å². The number of aromatic nitrogens is 4. The summed E-state index contributed by atoms with van der Waals surface area (Å²) in [5, 5.41) is 8.13. The summed E-state index contributed by atoms with van der Waals surface area (Å²) in [4.78, 5) is 4.55. The molecular formula is C22H23N5. The maximum atomic E-state index is 4.55. The summed E-state index contributed by atoms with van der Waals surface area (Å²) < 4.78 is 4.04. The Bertz CT molecular complexity index is 972. The van der Waals surface area contributed by atoms with Crippen molar-refractivity contribution in [2.45, 2.75) is 19.1 Å².